The average Bonchev–Trinajstić information content (AvgIpc) is 2.36. The summed E-state index contributed by atoms with van der Waals surface area (Å²) in [6.07, 6.45) is -2.49. The molecule has 7 unspecified atom stereocenters. The highest BCUT2D eigenvalue weighted by Gasteiger charge is 2.46. The number of ether oxygens (including phenoxy) is 1. The number of thioether (sulfide) groups is 1. The second-order valence-corrected chi connectivity index (χ2v) is 5.53. The van der Waals surface area contributed by atoms with Crippen LogP contribution in [-0.2, 0) is 4.74 Å². The molecule has 0 radical (unpaired) electrons. The van der Waals surface area contributed by atoms with Crippen LogP contribution in [0.4, 0.5) is 0 Å². The quantitative estimate of drug-likeness (QED) is 0.521. The van der Waals surface area contributed by atoms with E-state index in [1.54, 1.807) is 13.2 Å². The second kappa shape index (κ2) is 6.70. The van der Waals surface area contributed by atoms with E-state index in [1.165, 1.54) is 11.8 Å². The van der Waals surface area contributed by atoms with Crippen molar-refractivity contribution in [1.82, 2.24) is 0 Å². The molecule has 104 valence electrons. The molecule has 7 heteroatoms. The van der Waals surface area contributed by atoms with Crippen molar-refractivity contribution in [2.45, 2.75) is 49.2 Å². The molecule has 6 nitrogen and oxygen atoms in total. The monoisotopic (exact) mass is 276 g/mol. The van der Waals surface area contributed by atoms with Gasteiger partial charge in [-0.3, -0.25) is 0 Å². The fourth-order valence-electron chi connectivity index (χ4n) is 1.99. The molecule has 18 heavy (non-hydrogen) atoms. The van der Waals surface area contributed by atoms with E-state index in [4.69, 9.17) is 15.7 Å². The van der Waals surface area contributed by atoms with Gasteiger partial charge >= 0.3 is 0 Å². The Kier molecular flexibility index (Phi) is 5.85. The number of nitriles is 1. The minimum Gasteiger partial charge on any atom is -0.388 e. The highest BCUT2D eigenvalue weighted by molar-refractivity contribution is 7.99. The summed E-state index contributed by atoms with van der Waals surface area (Å²) in [7, 11) is 0. The number of nitrogens with zero attached hydrogens (tertiary/aromatic N) is 1. The van der Waals surface area contributed by atoms with Gasteiger partial charge in [-0.1, -0.05) is 6.92 Å². The fourth-order valence-corrected chi connectivity index (χ4v) is 2.67. The van der Waals surface area contributed by atoms with Crippen molar-refractivity contribution in [3.05, 3.63) is 0 Å². The Balaban J connectivity index is 2.78. The van der Waals surface area contributed by atoms with E-state index in [9.17, 15) is 15.3 Å². The van der Waals surface area contributed by atoms with Crippen LogP contribution in [0.25, 0.3) is 0 Å². The highest BCUT2D eigenvalue weighted by Crippen LogP contribution is 2.30. The zero-order valence-electron chi connectivity index (χ0n) is 10.4. The average molecular weight is 276 g/mol. The van der Waals surface area contributed by atoms with Crippen LogP contribution in [0.5, 0.6) is 0 Å². The van der Waals surface area contributed by atoms with Gasteiger partial charge in [0.25, 0.3) is 0 Å². The number of hydrogen-bond acceptors (Lipinski definition) is 7. The molecule has 0 aliphatic carbocycles. The molecule has 5 N–H and O–H groups in total. The number of rotatable bonds is 4. The molecule has 1 heterocycles. The first kappa shape index (κ1) is 15.7. The Morgan fingerprint density at radius 3 is 2.44 bits per heavy atom. The maximum atomic E-state index is 9.90. The smallest absolute Gasteiger partial charge is 0.132 e. The van der Waals surface area contributed by atoms with Crippen molar-refractivity contribution >= 4 is 11.8 Å². The summed E-state index contributed by atoms with van der Waals surface area (Å²) in [6, 6.07) is 1.44. The lowest BCUT2D eigenvalue weighted by molar-refractivity contribution is -0.205. The predicted molar refractivity (Wildman–Crippen MR) is 67.6 cm³/mol. The highest BCUT2D eigenvalue weighted by atomic mass is 32.2. The van der Waals surface area contributed by atoms with Gasteiger partial charge in [-0.25, -0.2) is 0 Å². The van der Waals surface area contributed by atoms with Gasteiger partial charge in [-0.05, 0) is 12.2 Å². The lowest BCUT2D eigenvalue weighted by Gasteiger charge is -2.43. The SMILES string of the molecule is CSC1OC(C(N)C(C)CC#N)C(O)C(O)C1O. The van der Waals surface area contributed by atoms with E-state index in [0.717, 1.165) is 0 Å². The van der Waals surface area contributed by atoms with Crippen molar-refractivity contribution in [3.8, 4) is 6.07 Å². The van der Waals surface area contributed by atoms with Crippen molar-refractivity contribution in [2.24, 2.45) is 11.7 Å². The Morgan fingerprint density at radius 2 is 1.94 bits per heavy atom. The van der Waals surface area contributed by atoms with Crippen LogP contribution >= 0.6 is 11.8 Å². The van der Waals surface area contributed by atoms with Gasteiger partial charge in [0.05, 0.1) is 6.07 Å². The summed E-state index contributed by atoms with van der Waals surface area (Å²) < 4.78 is 5.53. The third-order valence-electron chi connectivity index (χ3n) is 3.29. The van der Waals surface area contributed by atoms with Gasteiger partial charge < -0.3 is 25.8 Å². The van der Waals surface area contributed by atoms with Gasteiger partial charge in [-0.15, -0.1) is 11.8 Å². The summed E-state index contributed by atoms with van der Waals surface area (Å²) in [5.74, 6) is -0.167. The number of aliphatic hydroxyl groups excluding tert-OH is 3. The molecule has 1 aliphatic rings. The van der Waals surface area contributed by atoms with Gasteiger partial charge in [0.1, 0.15) is 29.9 Å². The zero-order valence-corrected chi connectivity index (χ0v) is 11.2. The molecule has 1 aliphatic heterocycles. The summed E-state index contributed by atoms with van der Waals surface area (Å²) in [6.45, 7) is 1.79. The van der Waals surface area contributed by atoms with Crippen LogP contribution in [0, 0.1) is 17.2 Å². The second-order valence-electron chi connectivity index (χ2n) is 4.59. The first-order valence-electron chi connectivity index (χ1n) is 5.79. The molecule has 1 rings (SSSR count). The van der Waals surface area contributed by atoms with Crippen LogP contribution in [0.15, 0.2) is 0 Å². The summed E-state index contributed by atoms with van der Waals surface area (Å²) >= 11 is 1.24. The minimum absolute atomic E-state index is 0.167. The minimum atomic E-state index is -1.29. The topological polar surface area (TPSA) is 120 Å². The number of aliphatic hydroxyl groups is 3. The number of hydrogen-bond donors (Lipinski definition) is 4. The third-order valence-corrected chi connectivity index (χ3v) is 4.14. The molecular weight excluding hydrogens is 256 g/mol. The Labute approximate surface area is 111 Å². The molecule has 1 fully saturated rings. The molecule has 0 spiro atoms. The van der Waals surface area contributed by atoms with Crippen molar-refractivity contribution in [1.29, 1.82) is 5.26 Å². The van der Waals surface area contributed by atoms with Crippen LogP contribution < -0.4 is 5.73 Å². The Bertz CT molecular complexity index is 310. The van der Waals surface area contributed by atoms with Crippen molar-refractivity contribution in [3.63, 3.8) is 0 Å². The molecular formula is C11H20N2O4S. The summed E-state index contributed by atoms with van der Waals surface area (Å²) in [5.41, 5.74) is 5.32. The van der Waals surface area contributed by atoms with E-state index >= 15 is 0 Å². The molecule has 1 saturated heterocycles. The molecule has 0 bridgehead atoms. The first-order chi connectivity index (χ1) is 8.43. The van der Waals surface area contributed by atoms with E-state index in [0.29, 0.717) is 0 Å². The molecule has 0 aromatic carbocycles. The standard InChI is InChI=1S/C11H20N2O4S/c1-5(3-4-12)6(13)10-8(15)7(14)9(16)11(17-10)18-2/h5-11,14-16H,3,13H2,1-2H3. The van der Waals surface area contributed by atoms with E-state index in [2.05, 4.69) is 0 Å². The van der Waals surface area contributed by atoms with Gasteiger partial charge in [0, 0.05) is 12.5 Å². The zero-order chi connectivity index (χ0) is 13.9. The number of nitrogens with two attached hydrogens (primary N) is 1. The maximum Gasteiger partial charge on any atom is 0.132 e. The normalized spacial score (nSPS) is 39.9. The predicted octanol–water partition coefficient (Wildman–Crippen LogP) is -0.966. The first-order valence-corrected chi connectivity index (χ1v) is 7.07. The Morgan fingerprint density at radius 1 is 1.33 bits per heavy atom. The molecule has 0 aromatic rings. The molecule has 0 amide bonds. The summed E-state index contributed by atoms with van der Waals surface area (Å²) in [5, 5.41) is 38.0. The van der Waals surface area contributed by atoms with Crippen molar-refractivity contribution in [2.75, 3.05) is 6.26 Å². The van der Waals surface area contributed by atoms with Crippen LogP contribution in [0.2, 0.25) is 0 Å². The van der Waals surface area contributed by atoms with Crippen LogP contribution in [-0.4, -0.2) is 57.5 Å². The largest absolute Gasteiger partial charge is 0.388 e. The lowest BCUT2D eigenvalue weighted by atomic mass is 9.87. The van der Waals surface area contributed by atoms with Crippen molar-refractivity contribution < 1.29 is 20.1 Å². The summed E-state index contributed by atoms with van der Waals surface area (Å²) in [4.78, 5) is 0. The Hall–Kier alpha value is -0.360. The van der Waals surface area contributed by atoms with E-state index in [-0.39, 0.29) is 12.3 Å². The van der Waals surface area contributed by atoms with Gasteiger partial charge in [0.2, 0.25) is 0 Å². The third kappa shape index (κ3) is 3.15. The van der Waals surface area contributed by atoms with Gasteiger partial charge in [0.15, 0.2) is 0 Å². The van der Waals surface area contributed by atoms with E-state index < -0.39 is 35.9 Å². The van der Waals surface area contributed by atoms with Crippen LogP contribution in [0.3, 0.4) is 0 Å². The molecule has 0 aromatic heterocycles. The van der Waals surface area contributed by atoms with Gasteiger partial charge in [-0.2, -0.15) is 5.26 Å². The van der Waals surface area contributed by atoms with E-state index in [1.807, 2.05) is 6.07 Å². The maximum absolute atomic E-state index is 9.90. The fraction of sp³-hybridized carbons (Fsp3) is 0.909. The lowest BCUT2D eigenvalue weighted by Crippen LogP contribution is -2.62. The van der Waals surface area contributed by atoms with Crippen LogP contribution in [0.1, 0.15) is 13.3 Å². The molecule has 7 atom stereocenters. The molecule has 0 saturated carbocycles.